The quantitative estimate of drug-likeness (QED) is 0.427. The lowest BCUT2D eigenvalue weighted by molar-refractivity contribution is -0.182. The summed E-state index contributed by atoms with van der Waals surface area (Å²) in [6.07, 6.45) is -2.37. The Hall–Kier alpha value is -2.53. The SMILES string of the molecule is Cc1c(SN2CCC(C(F)(F)F)CC2)cc(C(=O)NCc2c(F)ccc3cnn(C)c23)n1C. The summed E-state index contributed by atoms with van der Waals surface area (Å²) in [6, 6.07) is 4.73. The molecule has 0 aliphatic carbocycles. The van der Waals surface area contributed by atoms with Gasteiger partial charge < -0.3 is 9.88 Å². The van der Waals surface area contributed by atoms with Crippen LogP contribution in [0.4, 0.5) is 17.6 Å². The molecule has 1 aliphatic rings. The molecule has 3 aromatic rings. The standard InChI is InChI=1S/C22H25F4N5OS/c1-13-19(33-31-8-6-15(7-9-31)22(24,25)26)10-18(29(13)2)21(32)27-12-16-17(23)5-4-14-11-28-30(3)20(14)16/h4-5,10-11,15H,6-9,12H2,1-3H3,(H,27,32). The smallest absolute Gasteiger partial charge is 0.346 e. The van der Waals surface area contributed by atoms with Crippen molar-refractivity contribution in [2.75, 3.05) is 13.1 Å². The highest BCUT2D eigenvalue weighted by Gasteiger charge is 2.41. The first kappa shape index (κ1) is 23.6. The minimum Gasteiger partial charge on any atom is -0.346 e. The Morgan fingerprint density at radius 1 is 1.24 bits per heavy atom. The number of fused-ring (bicyclic) bond motifs is 1. The molecule has 0 bridgehead atoms. The third-order valence-electron chi connectivity index (χ3n) is 6.24. The van der Waals surface area contributed by atoms with Gasteiger partial charge in [0.05, 0.1) is 17.6 Å². The molecule has 1 aliphatic heterocycles. The maximum Gasteiger partial charge on any atom is 0.391 e. The molecule has 0 unspecified atom stereocenters. The van der Waals surface area contributed by atoms with Gasteiger partial charge in [0, 0.05) is 55.3 Å². The molecule has 0 spiro atoms. The van der Waals surface area contributed by atoms with Crippen LogP contribution in [0.2, 0.25) is 0 Å². The van der Waals surface area contributed by atoms with Gasteiger partial charge in [-0.1, -0.05) is 0 Å². The number of hydrogen-bond acceptors (Lipinski definition) is 4. The molecule has 6 nitrogen and oxygen atoms in total. The van der Waals surface area contributed by atoms with Gasteiger partial charge in [0.15, 0.2) is 0 Å². The minimum atomic E-state index is -4.15. The van der Waals surface area contributed by atoms with Crippen molar-refractivity contribution >= 4 is 28.8 Å². The summed E-state index contributed by atoms with van der Waals surface area (Å²) in [4.78, 5) is 13.7. The van der Waals surface area contributed by atoms with Crippen LogP contribution < -0.4 is 5.32 Å². The number of hydrogen-bond donors (Lipinski definition) is 1. The molecule has 1 fully saturated rings. The van der Waals surface area contributed by atoms with E-state index in [0.29, 0.717) is 29.9 Å². The minimum absolute atomic E-state index is 0.000794. The Bertz CT molecular complexity index is 1180. The Kier molecular flexibility index (Phi) is 6.45. The van der Waals surface area contributed by atoms with Crippen LogP contribution in [0.3, 0.4) is 0 Å². The molecule has 0 atom stereocenters. The number of aromatic nitrogens is 3. The maximum absolute atomic E-state index is 14.5. The number of halogens is 4. The van der Waals surface area contributed by atoms with E-state index in [0.717, 1.165) is 16.0 Å². The van der Waals surface area contributed by atoms with E-state index < -0.39 is 17.9 Å². The number of alkyl halides is 3. The van der Waals surface area contributed by atoms with Gasteiger partial charge in [0.1, 0.15) is 11.5 Å². The first-order chi connectivity index (χ1) is 15.6. The number of benzene rings is 1. The molecule has 0 saturated carbocycles. The molecule has 1 N–H and O–H groups in total. The average molecular weight is 484 g/mol. The number of carbonyl (C=O) groups is 1. The summed E-state index contributed by atoms with van der Waals surface area (Å²) in [5, 5.41) is 7.72. The summed E-state index contributed by atoms with van der Waals surface area (Å²) in [5.41, 5.74) is 2.21. The predicted molar refractivity (Wildman–Crippen MR) is 118 cm³/mol. The lowest BCUT2D eigenvalue weighted by Crippen LogP contribution is -2.35. The van der Waals surface area contributed by atoms with Crippen molar-refractivity contribution in [1.29, 1.82) is 0 Å². The second-order valence-corrected chi connectivity index (χ2v) is 9.43. The Balaban J connectivity index is 1.44. The lowest BCUT2D eigenvalue weighted by atomic mass is 9.98. The largest absolute Gasteiger partial charge is 0.391 e. The van der Waals surface area contributed by atoms with Crippen LogP contribution in [0.1, 0.15) is 34.6 Å². The highest BCUT2D eigenvalue weighted by atomic mass is 32.2. The summed E-state index contributed by atoms with van der Waals surface area (Å²) < 4.78 is 58.4. The van der Waals surface area contributed by atoms with E-state index >= 15 is 0 Å². The van der Waals surface area contributed by atoms with Crippen molar-refractivity contribution < 1.29 is 22.4 Å². The monoisotopic (exact) mass is 483 g/mol. The Morgan fingerprint density at radius 2 is 1.94 bits per heavy atom. The number of nitrogens with one attached hydrogen (secondary N) is 1. The van der Waals surface area contributed by atoms with Crippen LogP contribution in [-0.4, -0.2) is 43.8 Å². The number of piperidine rings is 1. The average Bonchev–Trinajstić information content (AvgIpc) is 3.27. The zero-order chi connectivity index (χ0) is 23.9. The highest BCUT2D eigenvalue weighted by molar-refractivity contribution is 7.97. The van der Waals surface area contributed by atoms with Crippen molar-refractivity contribution in [3.63, 3.8) is 0 Å². The number of rotatable bonds is 5. The highest BCUT2D eigenvalue weighted by Crippen LogP contribution is 2.38. The first-order valence-electron chi connectivity index (χ1n) is 10.6. The van der Waals surface area contributed by atoms with E-state index in [1.807, 2.05) is 11.2 Å². The molecule has 33 heavy (non-hydrogen) atoms. The summed E-state index contributed by atoms with van der Waals surface area (Å²) in [7, 11) is 3.47. The van der Waals surface area contributed by atoms with Gasteiger partial charge >= 0.3 is 6.18 Å². The van der Waals surface area contributed by atoms with Gasteiger partial charge in [0.25, 0.3) is 5.91 Å². The van der Waals surface area contributed by atoms with Gasteiger partial charge in [-0.05, 0) is 49.9 Å². The molecule has 1 saturated heterocycles. The number of aryl methyl sites for hydroxylation is 1. The van der Waals surface area contributed by atoms with Crippen LogP contribution in [0, 0.1) is 18.7 Å². The zero-order valence-corrected chi connectivity index (χ0v) is 19.4. The van der Waals surface area contributed by atoms with Gasteiger partial charge in [-0.15, -0.1) is 0 Å². The molecule has 1 aromatic carbocycles. The third-order valence-corrected chi connectivity index (χ3v) is 7.48. The fourth-order valence-electron chi connectivity index (χ4n) is 4.15. The first-order valence-corrected chi connectivity index (χ1v) is 11.4. The van der Waals surface area contributed by atoms with Crippen LogP contribution >= 0.6 is 11.9 Å². The molecule has 1 amide bonds. The number of carbonyl (C=O) groups excluding carboxylic acids is 1. The Labute approximate surface area is 193 Å². The Morgan fingerprint density at radius 3 is 2.61 bits per heavy atom. The molecule has 4 rings (SSSR count). The van der Waals surface area contributed by atoms with E-state index in [1.165, 1.54) is 18.0 Å². The number of nitrogens with zero attached hydrogens (tertiary/aromatic N) is 4. The van der Waals surface area contributed by atoms with Crippen molar-refractivity contribution in [3.8, 4) is 0 Å². The van der Waals surface area contributed by atoms with Gasteiger partial charge in [-0.25, -0.2) is 8.70 Å². The molecule has 178 valence electrons. The van der Waals surface area contributed by atoms with Crippen LogP contribution in [-0.2, 0) is 20.6 Å². The molecule has 0 radical (unpaired) electrons. The van der Waals surface area contributed by atoms with Crippen molar-refractivity contribution in [2.24, 2.45) is 20.0 Å². The van der Waals surface area contributed by atoms with E-state index in [4.69, 9.17) is 0 Å². The second-order valence-electron chi connectivity index (χ2n) is 8.29. The topological polar surface area (TPSA) is 55.1 Å². The third kappa shape index (κ3) is 4.74. The molecule has 3 heterocycles. The van der Waals surface area contributed by atoms with Crippen LogP contribution in [0.5, 0.6) is 0 Å². The van der Waals surface area contributed by atoms with Crippen LogP contribution in [0.15, 0.2) is 29.3 Å². The van der Waals surface area contributed by atoms with E-state index in [1.54, 1.807) is 41.7 Å². The summed E-state index contributed by atoms with van der Waals surface area (Å²) >= 11 is 1.37. The van der Waals surface area contributed by atoms with Crippen LogP contribution in [0.25, 0.3) is 10.9 Å². The summed E-state index contributed by atoms with van der Waals surface area (Å²) in [6.45, 7) is 2.52. The molecule has 11 heteroatoms. The van der Waals surface area contributed by atoms with Crippen molar-refractivity contribution in [3.05, 3.63) is 47.2 Å². The second kappa shape index (κ2) is 9.02. The van der Waals surface area contributed by atoms with E-state index in [-0.39, 0.29) is 25.3 Å². The molecular weight excluding hydrogens is 458 g/mol. The van der Waals surface area contributed by atoms with Gasteiger partial charge in [0.2, 0.25) is 0 Å². The van der Waals surface area contributed by atoms with Gasteiger partial charge in [-0.2, -0.15) is 18.3 Å². The van der Waals surface area contributed by atoms with Crippen molar-refractivity contribution in [1.82, 2.24) is 24.0 Å². The van der Waals surface area contributed by atoms with Gasteiger partial charge in [-0.3, -0.25) is 9.48 Å². The number of amides is 1. The molecular formula is C22H25F4N5OS. The normalized spacial score (nSPS) is 16.0. The zero-order valence-electron chi connectivity index (χ0n) is 18.5. The van der Waals surface area contributed by atoms with Crippen molar-refractivity contribution in [2.45, 2.75) is 37.4 Å². The van der Waals surface area contributed by atoms with E-state index in [2.05, 4.69) is 10.4 Å². The fourth-order valence-corrected chi connectivity index (χ4v) is 5.25. The maximum atomic E-state index is 14.5. The lowest BCUT2D eigenvalue weighted by Gasteiger charge is -2.31. The predicted octanol–water partition coefficient (Wildman–Crippen LogP) is 4.57. The molecule has 2 aromatic heterocycles. The van der Waals surface area contributed by atoms with E-state index in [9.17, 15) is 22.4 Å². The summed E-state index contributed by atoms with van der Waals surface area (Å²) in [5.74, 6) is -2.04. The fraction of sp³-hybridized carbons (Fsp3) is 0.455.